The number of rotatable bonds is 9. The molecule has 3 heteroatoms. The fourth-order valence-corrected chi connectivity index (χ4v) is 1.68. The van der Waals surface area contributed by atoms with E-state index < -0.39 is 0 Å². The second kappa shape index (κ2) is 9.14. The molecule has 1 aromatic heterocycles. The predicted molar refractivity (Wildman–Crippen MR) is 71.1 cm³/mol. The maximum absolute atomic E-state index is 5.62. The molecule has 1 heterocycles. The summed E-state index contributed by atoms with van der Waals surface area (Å²) in [6.07, 6.45) is 5.00. The molecule has 1 rings (SSSR count). The van der Waals surface area contributed by atoms with E-state index in [1.165, 1.54) is 0 Å². The fraction of sp³-hybridized carbons (Fsp3) is 0.643. The Morgan fingerprint density at radius 1 is 1.29 bits per heavy atom. The lowest BCUT2D eigenvalue weighted by atomic mass is 10.1. The van der Waals surface area contributed by atoms with E-state index in [1.807, 2.05) is 18.3 Å². The summed E-state index contributed by atoms with van der Waals surface area (Å²) in [6.45, 7) is 6.95. The summed E-state index contributed by atoms with van der Waals surface area (Å²) in [7, 11) is 0. The first-order chi connectivity index (χ1) is 8.36. The van der Waals surface area contributed by atoms with E-state index in [4.69, 9.17) is 4.74 Å². The predicted octanol–water partition coefficient (Wildman–Crippen LogP) is 2.42. The van der Waals surface area contributed by atoms with Crippen LogP contribution in [0.15, 0.2) is 24.4 Å². The first-order valence-electron chi connectivity index (χ1n) is 6.57. The number of ether oxygens (including phenoxy) is 1. The minimum absolute atomic E-state index is 0.372. The molecule has 0 aliphatic heterocycles. The van der Waals surface area contributed by atoms with Crippen molar-refractivity contribution in [1.29, 1.82) is 0 Å². The van der Waals surface area contributed by atoms with E-state index in [-0.39, 0.29) is 0 Å². The first kappa shape index (κ1) is 14.1. The molecule has 1 atom stereocenters. The molecule has 0 spiro atoms. The Bertz CT molecular complexity index is 277. The Balaban J connectivity index is 2.39. The molecule has 0 radical (unpaired) electrons. The number of pyridine rings is 1. The zero-order valence-electron chi connectivity index (χ0n) is 11.0. The monoisotopic (exact) mass is 236 g/mol. The van der Waals surface area contributed by atoms with Crippen molar-refractivity contribution in [3.8, 4) is 0 Å². The molecule has 1 aromatic rings. The third kappa shape index (κ3) is 6.39. The average Bonchev–Trinajstić information content (AvgIpc) is 2.37. The maximum Gasteiger partial charge on any atom is 0.0623 e. The lowest BCUT2D eigenvalue weighted by molar-refractivity contribution is 0.111. The first-order valence-corrected chi connectivity index (χ1v) is 6.57. The summed E-state index contributed by atoms with van der Waals surface area (Å²) in [5.41, 5.74) is 1.13. The van der Waals surface area contributed by atoms with E-state index in [1.54, 1.807) is 0 Å². The van der Waals surface area contributed by atoms with Crippen LogP contribution in [0.3, 0.4) is 0 Å². The third-order valence-electron chi connectivity index (χ3n) is 2.53. The third-order valence-corrected chi connectivity index (χ3v) is 2.53. The van der Waals surface area contributed by atoms with Crippen LogP contribution < -0.4 is 5.32 Å². The van der Waals surface area contributed by atoms with Crippen LogP contribution in [-0.4, -0.2) is 30.8 Å². The molecule has 0 aromatic carbocycles. The molecule has 0 amide bonds. The van der Waals surface area contributed by atoms with E-state index in [2.05, 4.69) is 30.2 Å². The molecular weight excluding hydrogens is 212 g/mol. The van der Waals surface area contributed by atoms with Gasteiger partial charge >= 0.3 is 0 Å². The number of hydrogen-bond donors (Lipinski definition) is 1. The van der Waals surface area contributed by atoms with Crippen molar-refractivity contribution >= 4 is 0 Å². The molecule has 0 aliphatic carbocycles. The van der Waals surface area contributed by atoms with E-state index in [0.717, 1.165) is 44.7 Å². The molecule has 1 N–H and O–H groups in total. The molecule has 0 aliphatic rings. The fourth-order valence-electron chi connectivity index (χ4n) is 1.68. The van der Waals surface area contributed by atoms with Crippen LogP contribution in [0.5, 0.6) is 0 Å². The topological polar surface area (TPSA) is 34.1 Å². The largest absolute Gasteiger partial charge is 0.380 e. The van der Waals surface area contributed by atoms with Crippen LogP contribution in [0.2, 0.25) is 0 Å². The molecule has 96 valence electrons. The number of hydrogen-bond acceptors (Lipinski definition) is 3. The van der Waals surface area contributed by atoms with E-state index in [0.29, 0.717) is 6.04 Å². The van der Waals surface area contributed by atoms with Gasteiger partial charge in [0.05, 0.1) is 6.61 Å². The van der Waals surface area contributed by atoms with Gasteiger partial charge in [-0.05, 0) is 31.5 Å². The summed E-state index contributed by atoms with van der Waals surface area (Å²) in [5, 5.41) is 3.51. The van der Waals surface area contributed by atoms with Gasteiger partial charge in [0.25, 0.3) is 0 Å². The van der Waals surface area contributed by atoms with Crippen molar-refractivity contribution in [2.45, 2.75) is 39.2 Å². The smallest absolute Gasteiger partial charge is 0.0623 e. The molecule has 1 unspecified atom stereocenters. The normalized spacial score (nSPS) is 12.6. The lowest BCUT2D eigenvalue weighted by Gasteiger charge is -2.18. The number of nitrogens with zero attached hydrogens (tertiary/aromatic N) is 1. The maximum atomic E-state index is 5.62. The summed E-state index contributed by atoms with van der Waals surface area (Å²) < 4.78 is 5.62. The second-order valence-corrected chi connectivity index (χ2v) is 4.25. The highest BCUT2D eigenvalue weighted by molar-refractivity contribution is 5.05. The van der Waals surface area contributed by atoms with Crippen LogP contribution >= 0.6 is 0 Å². The summed E-state index contributed by atoms with van der Waals surface area (Å²) in [6, 6.07) is 6.43. The SMILES string of the molecule is CCCNC(COCCC)Cc1ccccn1. The molecule has 0 bridgehead atoms. The highest BCUT2D eigenvalue weighted by Crippen LogP contribution is 2.01. The van der Waals surface area contributed by atoms with Gasteiger partial charge < -0.3 is 10.1 Å². The van der Waals surface area contributed by atoms with E-state index >= 15 is 0 Å². The highest BCUT2D eigenvalue weighted by atomic mass is 16.5. The van der Waals surface area contributed by atoms with Crippen molar-refractivity contribution in [1.82, 2.24) is 10.3 Å². The standard InChI is InChI=1S/C14H24N2O/c1-3-8-15-14(12-17-10-4-2)11-13-7-5-6-9-16-13/h5-7,9,14-15H,3-4,8,10-12H2,1-2H3. The van der Waals surface area contributed by atoms with Gasteiger partial charge in [-0.15, -0.1) is 0 Å². The minimum Gasteiger partial charge on any atom is -0.380 e. The van der Waals surface area contributed by atoms with Crippen molar-refractivity contribution in [3.63, 3.8) is 0 Å². The molecule has 0 saturated heterocycles. The Kier molecular flexibility index (Phi) is 7.60. The quantitative estimate of drug-likeness (QED) is 0.669. The second-order valence-electron chi connectivity index (χ2n) is 4.25. The molecule has 3 nitrogen and oxygen atoms in total. The summed E-state index contributed by atoms with van der Waals surface area (Å²) in [4.78, 5) is 4.36. The van der Waals surface area contributed by atoms with Crippen molar-refractivity contribution < 1.29 is 4.74 Å². The summed E-state index contributed by atoms with van der Waals surface area (Å²) in [5.74, 6) is 0. The Labute approximate surface area is 105 Å². The van der Waals surface area contributed by atoms with Gasteiger partial charge in [-0.25, -0.2) is 0 Å². The van der Waals surface area contributed by atoms with Crippen LogP contribution in [0.25, 0.3) is 0 Å². The zero-order valence-corrected chi connectivity index (χ0v) is 11.0. The molecule has 0 saturated carbocycles. The van der Waals surface area contributed by atoms with Crippen LogP contribution in [0.1, 0.15) is 32.4 Å². The number of nitrogens with one attached hydrogen (secondary N) is 1. The molecule has 17 heavy (non-hydrogen) atoms. The Hall–Kier alpha value is -0.930. The van der Waals surface area contributed by atoms with Crippen molar-refractivity contribution in [3.05, 3.63) is 30.1 Å². The van der Waals surface area contributed by atoms with Crippen LogP contribution in [0, 0.1) is 0 Å². The highest BCUT2D eigenvalue weighted by Gasteiger charge is 2.09. The number of aromatic nitrogens is 1. The van der Waals surface area contributed by atoms with Gasteiger partial charge in [0.15, 0.2) is 0 Å². The molecule has 0 fully saturated rings. The Morgan fingerprint density at radius 3 is 2.82 bits per heavy atom. The minimum atomic E-state index is 0.372. The van der Waals surface area contributed by atoms with Gasteiger partial charge in [-0.1, -0.05) is 19.9 Å². The average molecular weight is 236 g/mol. The van der Waals surface area contributed by atoms with E-state index in [9.17, 15) is 0 Å². The van der Waals surface area contributed by atoms with Crippen LogP contribution in [0.4, 0.5) is 0 Å². The van der Waals surface area contributed by atoms with Crippen molar-refractivity contribution in [2.24, 2.45) is 0 Å². The van der Waals surface area contributed by atoms with Gasteiger partial charge in [0.2, 0.25) is 0 Å². The Morgan fingerprint density at radius 2 is 2.18 bits per heavy atom. The van der Waals surface area contributed by atoms with Gasteiger partial charge in [-0.3, -0.25) is 4.98 Å². The summed E-state index contributed by atoms with van der Waals surface area (Å²) >= 11 is 0. The lowest BCUT2D eigenvalue weighted by Crippen LogP contribution is -2.36. The van der Waals surface area contributed by atoms with Gasteiger partial charge in [0.1, 0.15) is 0 Å². The van der Waals surface area contributed by atoms with Crippen molar-refractivity contribution in [2.75, 3.05) is 19.8 Å². The molecular formula is C14H24N2O. The van der Waals surface area contributed by atoms with Crippen LogP contribution in [-0.2, 0) is 11.2 Å². The van der Waals surface area contributed by atoms with Gasteiger partial charge in [0, 0.05) is 31.0 Å². The van der Waals surface area contributed by atoms with Gasteiger partial charge in [-0.2, -0.15) is 0 Å². The zero-order chi connectivity index (χ0) is 12.3.